The van der Waals surface area contributed by atoms with Crippen LogP contribution in [0.4, 0.5) is 0 Å². The topological polar surface area (TPSA) is 37.8 Å². The number of rotatable bonds is 4. The van der Waals surface area contributed by atoms with Gasteiger partial charge in [-0.05, 0) is 32.1 Å². The summed E-state index contributed by atoms with van der Waals surface area (Å²) in [6, 6.07) is 2.09. The molecule has 0 saturated heterocycles. The molecule has 2 rings (SSSR count). The Hall–Kier alpha value is -0.990. The SMILES string of the molecule is CCCc1cc(=O)n(C(C)C2CC2)[nH]1. The van der Waals surface area contributed by atoms with Crippen LogP contribution in [0.3, 0.4) is 0 Å². The normalized spacial score (nSPS) is 18.4. The van der Waals surface area contributed by atoms with Crippen molar-refractivity contribution in [2.45, 2.75) is 45.6 Å². The summed E-state index contributed by atoms with van der Waals surface area (Å²) >= 11 is 0. The molecule has 1 heterocycles. The van der Waals surface area contributed by atoms with Crippen LogP contribution in [0.25, 0.3) is 0 Å². The standard InChI is InChI=1S/C11H18N2O/c1-3-4-10-7-11(14)13(12-10)8(2)9-5-6-9/h7-9,12H,3-6H2,1-2H3. The van der Waals surface area contributed by atoms with Crippen LogP contribution in [0.2, 0.25) is 0 Å². The highest BCUT2D eigenvalue weighted by molar-refractivity contribution is 5.01. The van der Waals surface area contributed by atoms with E-state index in [-0.39, 0.29) is 5.56 Å². The van der Waals surface area contributed by atoms with Gasteiger partial charge in [0.15, 0.2) is 0 Å². The zero-order valence-corrected chi connectivity index (χ0v) is 8.92. The van der Waals surface area contributed by atoms with E-state index in [2.05, 4.69) is 18.9 Å². The lowest BCUT2D eigenvalue weighted by molar-refractivity contribution is 0.426. The predicted octanol–water partition coefficient (Wildman–Crippen LogP) is 2.10. The van der Waals surface area contributed by atoms with Crippen LogP contribution in [0.1, 0.15) is 44.8 Å². The Morgan fingerprint density at radius 3 is 2.93 bits per heavy atom. The zero-order chi connectivity index (χ0) is 10.1. The van der Waals surface area contributed by atoms with Gasteiger partial charge in [-0.25, -0.2) is 4.68 Å². The van der Waals surface area contributed by atoms with Gasteiger partial charge in [0.25, 0.3) is 5.56 Å². The zero-order valence-electron chi connectivity index (χ0n) is 8.92. The Kier molecular flexibility index (Phi) is 2.48. The molecule has 1 aliphatic rings. The van der Waals surface area contributed by atoms with Crippen LogP contribution in [0.15, 0.2) is 10.9 Å². The van der Waals surface area contributed by atoms with Gasteiger partial charge in [0.2, 0.25) is 0 Å². The van der Waals surface area contributed by atoms with Crippen molar-refractivity contribution in [3.8, 4) is 0 Å². The van der Waals surface area contributed by atoms with Gasteiger partial charge < -0.3 is 0 Å². The minimum Gasteiger partial charge on any atom is -0.299 e. The van der Waals surface area contributed by atoms with Crippen molar-refractivity contribution in [1.82, 2.24) is 9.78 Å². The fourth-order valence-electron chi connectivity index (χ4n) is 1.95. The molecular formula is C11H18N2O. The van der Waals surface area contributed by atoms with E-state index in [1.165, 1.54) is 12.8 Å². The molecule has 1 N–H and O–H groups in total. The summed E-state index contributed by atoms with van der Waals surface area (Å²) in [6.45, 7) is 4.26. The van der Waals surface area contributed by atoms with E-state index in [1.807, 2.05) is 0 Å². The number of hydrogen-bond acceptors (Lipinski definition) is 1. The summed E-state index contributed by atoms with van der Waals surface area (Å²) in [7, 11) is 0. The van der Waals surface area contributed by atoms with E-state index in [4.69, 9.17) is 0 Å². The predicted molar refractivity (Wildman–Crippen MR) is 56.5 cm³/mol. The first-order valence-electron chi connectivity index (χ1n) is 5.52. The van der Waals surface area contributed by atoms with Crippen molar-refractivity contribution in [1.29, 1.82) is 0 Å². The van der Waals surface area contributed by atoms with Crippen LogP contribution in [-0.4, -0.2) is 9.78 Å². The molecule has 1 aromatic heterocycles. The third kappa shape index (κ3) is 1.76. The Balaban J connectivity index is 2.19. The summed E-state index contributed by atoms with van der Waals surface area (Å²) in [6.07, 6.45) is 4.60. The van der Waals surface area contributed by atoms with Crippen LogP contribution in [-0.2, 0) is 6.42 Å². The maximum atomic E-state index is 11.6. The number of aromatic nitrogens is 2. The molecule has 1 aliphatic carbocycles. The molecule has 14 heavy (non-hydrogen) atoms. The molecule has 1 saturated carbocycles. The van der Waals surface area contributed by atoms with Crippen molar-refractivity contribution in [2.75, 3.05) is 0 Å². The molecule has 1 unspecified atom stereocenters. The lowest BCUT2D eigenvalue weighted by Gasteiger charge is -2.10. The summed E-state index contributed by atoms with van der Waals surface area (Å²) in [4.78, 5) is 11.6. The van der Waals surface area contributed by atoms with E-state index in [9.17, 15) is 4.79 Å². The Labute approximate surface area is 84.1 Å². The van der Waals surface area contributed by atoms with E-state index in [1.54, 1.807) is 10.7 Å². The first-order valence-corrected chi connectivity index (χ1v) is 5.52. The Morgan fingerprint density at radius 1 is 1.64 bits per heavy atom. The third-order valence-electron chi connectivity index (χ3n) is 3.03. The molecule has 3 nitrogen and oxygen atoms in total. The molecule has 0 radical (unpaired) electrons. The monoisotopic (exact) mass is 194 g/mol. The summed E-state index contributed by atoms with van der Waals surface area (Å²) in [5, 5.41) is 3.21. The highest BCUT2D eigenvalue weighted by atomic mass is 16.1. The molecule has 3 heteroatoms. The second-order valence-corrected chi connectivity index (χ2v) is 4.32. The van der Waals surface area contributed by atoms with Crippen molar-refractivity contribution in [3.63, 3.8) is 0 Å². The Morgan fingerprint density at radius 2 is 2.36 bits per heavy atom. The number of hydrogen-bond donors (Lipinski definition) is 1. The number of aryl methyl sites for hydroxylation is 1. The van der Waals surface area contributed by atoms with Crippen molar-refractivity contribution >= 4 is 0 Å². The minimum absolute atomic E-state index is 0.132. The maximum Gasteiger partial charge on any atom is 0.266 e. The van der Waals surface area contributed by atoms with Crippen LogP contribution < -0.4 is 5.56 Å². The Bertz CT molecular complexity index is 360. The van der Waals surface area contributed by atoms with Crippen LogP contribution in [0.5, 0.6) is 0 Å². The quantitative estimate of drug-likeness (QED) is 0.783. The van der Waals surface area contributed by atoms with Crippen LogP contribution in [0, 0.1) is 5.92 Å². The molecule has 0 bridgehead atoms. The lowest BCUT2D eigenvalue weighted by atomic mass is 10.2. The summed E-state index contributed by atoms with van der Waals surface area (Å²) in [5.74, 6) is 0.723. The highest BCUT2D eigenvalue weighted by Crippen LogP contribution is 2.38. The molecule has 1 atom stereocenters. The number of nitrogens with zero attached hydrogens (tertiary/aromatic N) is 1. The van der Waals surface area contributed by atoms with Gasteiger partial charge in [-0.3, -0.25) is 9.89 Å². The van der Waals surface area contributed by atoms with Gasteiger partial charge in [0.05, 0.1) is 6.04 Å². The summed E-state index contributed by atoms with van der Waals surface area (Å²) in [5.41, 5.74) is 1.21. The van der Waals surface area contributed by atoms with Crippen molar-refractivity contribution in [3.05, 3.63) is 22.1 Å². The average Bonchev–Trinajstić information content (AvgIpc) is 2.91. The fourth-order valence-corrected chi connectivity index (χ4v) is 1.95. The molecule has 1 fully saturated rings. The van der Waals surface area contributed by atoms with E-state index in [0.717, 1.165) is 24.5 Å². The highest BCUT2D eigenvalue weighted by Gasteiger charge is 2.30. The number of aromatic amines is 1. The maximum absolute atomic E-state index is 11.6. The number of H-pyrrole nitrogens is 1. The molecule has 0 spiro atoms. The van der Waals surface area contributed by atoms with Gasteiger partial charge in [0, 0.05) is 11.8 Å². The average molecular weight is 194 g/mol. The lowest BCUT2D eigenvalue weighted by Crippen LogP contribution is -2.21. The second kappa shape index (κ2) is 3.64. The van der Waals surface area contributed by atoms with Crippen LogP contribution >= 0.6 is 0 Å². The molecule has 0 amide bonds. The first kappa shape index (κ1) is 9.56. The smallest absolute Gasteiger partial charge is 0.266 e. The van der Waals surface area contributed by atoms with Gasteiger partial charge in [-0.2, -0.15) is 0 Å². The van der Waals surface area contributed by atoms with Gasteiger partial charge in [-0.1, -0.05) is 13.3 Å². The second-order valence-electron chi connectivity index (χ2n) is 4.32. The number of nitrogens with one attached hydrogen (secondary N) is 1. The molecule has 1 aromatic rings. The third-order valence-corrected chi connectivity index (χ3v) is 3.03. The van der Waals surface area contributed by atoms with Gasteiger partial charge in [-0.15, -0.1) is 0 Å². The molecule has 0 aliphatic heterocycles. The van der Waals surface area contributed by atoms with E-state index < -0.39 is 0 Å². The molecular weight excluding hydrogens is 176 g/mol. The first-order chi connectivity index (χ1) is 6.72. The fraction of sp³-hybridized carbons (Fsp3) is 0.727. The summed E-state index contributed by atoms with van der Waals surface area (Å²) < 4.78 is 1.79. The van der Waals surface area contributed by atoms with Crippen molar-refractivity contribution in [2.24, 2.45) is 5.92 Å². The van der Waals surface area contributed by atoms with Gasteiger partial charge >= 0.3 is 0 Å². The van der Waals surface area contributed by atoms with E-state index >= 15 is 0 Å². The largest absolute Gasteiger partial charge is 0.299 e. The van der Waals surface area contributed by atoms with Crippen molar-refractivity contribution < 1.29 is 0 Å². The molecule has 0 aromatic carbocycles. The van der Waals surface area contributed by atoms with Gasteiger partial charge in [0.1, 0.15) is 0 Å². The van der Waals surface area contributed by atoms with E-state index in [0.29, 0.717) is 6.04 Å². The minimum atomic E-state index is 0.132. The molecule has 78 valence electrons.